The van der Waals surface area contributed by atoms with Crippen LogP contribution in [-0.2, 0) is 9.59 Å². The monoisotopic (exact) mass is 219 g/mol. The molecule has 1 fully saturated rings. The minimum Gasteiger partial charge on any atom is -0.297 e. The van der Waals surface area contributed by atoms with E-state index in [0.29, 0.717) is 0 Å². The number of hydrogen-bond acceptors (Lipinski definition) is 4. The number of amides is 2. The molecule has 1 aromatic heterocycles. The SMILES string of the molecule is C[C@H](NC1CC(=O)NC1=O)c1ccccn1. The second kappa shape index (κ2) is 4.40. The molecular weight excluding hydrogens is 206 g/mol. The van der Waals surface area contributed by atoms with Gasteiger partial charge in [0.25, 0.3) is 0 Å². The fraction of sp³-hybridized carbons (Fsp3) is 0.364. The Balaban J connectivity index is 2.00. The lowest BCUT2D eigenvalue weighted by Crippen LogP contribution is -2.37. The predicted molar refractivity (Wildman–Crippen MR) is 57.3 cm³/mol. The third kappa shape index (κ3) is 2.25. The van der Waals surface area contributed by atoms with Crippen molar-refractivity contribution in [2.75, 3.05) is 0 Å². The highest BCUT2D eigenvalue weighted by Crippen LogP contribution is 2.12. The van der Waals surface area contributed by atoms with Crippen molar-refractivity contribution >= 4 is 11.8 Å². The molecule has 16 heavy (non-hydrogen) atoms. The minimum absolute atomic E-state index is 0.0529. The second-order valence-corrected chi connectivity index (χ2v) is 3.81. The summed E-state index contributed by atoms with van der Waals surface area (Å²) < 4.78 is 0. The van der Waals surface area contributed by atoms with Crippen LogP contribution in [0.25, 0.3) is 0 Å². The van der Waals surface area contributed by atoms with Gasteiger partial charge in [-0.2, -0.15) is 0 Å². The molecule has 2 N–H and O–H groups in total. The summed E-state index contributed by atoms with van der Waals surface area (Å²) in [7, 11) is 0. The third-order valence-corrected chi connectivity index (χ3v) is 2.55. The zero-order chi connectivity index (χ0) is 11.5. The molecule has 1 aliphatic heterocycles. The number of nitrogens with one attached hydrogen (secondary N) is 2. The van der Waals surface area contributed by atoms with Crippen molar-refractivity contribution in [1.29, 1.82) is 0 Å². The van der Waals surface area contributed by atoms with Crippen LogP contribution in [0.2, 0.25) is 0 Å². The summed E-state index contributed by atoms with van der Waals surface area (Å²) in [6, 6.07) is 5.11. The van der Waals surface area contributed by atoms with E-state index in [2.05, 4.69) is 15.6 Å². The second-order valence-electron chi connectivity index (χ2n) is 3.81. The van der Waals surface area contributed by atoms with Crippen molar-refractivity contribution in [2.24, 2.45) is 0 Å². The van der Waals surface area contributed by atoms with Crippen LogP contribution >= 0.6 is 0 Å². The largest absolute Gasteiger partial charge is 0.297 e. The number of aromatic nitrogens is 1. The molecule has 2 rings (SSSR count). The highest BCUT2D eigenvalue weighted by Gasteiger charge is 2.31. The van der Waals surface area contributed by atoms with Crippen molar-refractivity contribution < 1.29 is 9.59 Å². The van der Waals surface area contributed by atoms with Crippen LogP contribution in [0.1, 0.15) is 25.1 Å². The first kappa shape index (κ1) is 10.8. The maximum absolute atomic E-state index is 11.3. The van der Waals surface area contributed by atoms with E-state index in [1.165, 1.54) is 0 Å². The first-order valence-corrected chi connectivity index (χ1v) is 5.17. The highest BCUT2D eigenvalue weighted by molar-refractivity contribution is 6.05. The van der Waals surface area contributed by atoms with Crippen LogP contribution in [0.15, 0.2) is 24.4 Å². The van der Waals surface area contributed by atoms with Crippen molar-refractivity contribution in [2.45, 2.75) is 25.4 Å². The molecular formula is C11H13N3O2. The molecule has 2 heterocycles. The Morgan fingerprint density at radius 3 is 2.88 bits per heavy atom. The topological polar surface area (TPSA) is 71.1 Å². The zero-order valence-electron chi connectivity index (χ0n) is 8.93. The van der Waals surface area contributed by atoms with E-state index in [9.17, 15) is 9.59 Å². The maximum atomic E-state index is 11.3. The molecule has 0 radical (unpaired) electrons. The molecule has 1 aliphatic rings. The lowest BCUT2D eigenvalue weighted by molar-refractivity contribution is -0.125. The van der Waals surface area contributed by atoms with Gasteiger partial charge < -0.3 is 0 Å². The van der Waals surface area contributed by atoms with E-state index < -0.39 is 6.04 Å². The quantitative estimate of drug-likeness (QED) is 0.710. The van der Waals surface area contributed by atoms with Crippen LogP contribution in [0.4, 0.5) is 0 Å². The number of carbonyl (C=O) groups excluding carboxylic acids is 2. The highest BCUT2D eigenvalue weighted by atomic mass is 16.2. The Bertz CT molecular complexity index is 405. The van der Waals surface area contributed by atoms with Crippen LogP contribution < -0.4 is 10.6 Å². The van der Waals surface area contributed by atoms with Crippen molar-refractivity contribution in [3.8, 4) is 0 Å². The smallest absolute Gasteiger partial charge is 0.244 e. The Kier molecular flexibility index (Phi) is 2.96. The van der Waals surface area contributed by atoms with Gasteiger partial charge in [-0.25, -0.2) is 0 Å². The standard InChI is InChI=1S/C11H13N3O2/c1-7(8-4-2-3-5-12-8)13-9-6-10(15)14-11(9)16/h2-5,7,9,13H,6H2,1H3,(H,14,15,16)/t7-,9?/m0/s1. The zero-order valence-corrected chi connectivity index (χ0v) is 8.93. The molecule has 5 nitrogen and oxygen atoms in total. The summed E-state index contributed by atoms with van der Waals surface area (Å²) in [6.45, 7) is 1.92. The molecule has 0 spiro atoms. The fourth-order valence-electron chi connectivity index (χ4n) is 1.71. The minimum atomic E-state index is -0.440. The molecule has 1 aromatic rings. The average molecular weight is 219 g/mol. The van der Waals surface area contributed by atoms with Crippen molar-refractivity contribution in [3.05, 3.63) is 30.1 Å². The maximum Gasteiger partial charge on any atom is 0.244 e. The van der Waals surface area contributed by atoms with Crippen molar-refractivity contribution in [3.63, 3.8) is 0 Å². The van der Waals surface area contributed by atoms with Gasteiger partial charge in [0.2, 0.25) is 11.8 Å². The molecule has 0 aromatic carbocycles. The molecule has 1 saturated heterocycles. The lowest BCUT2D eigenvalue weighted by Gasteiger charge is -2.16. The van der Waals surface area contributed by atoms with E-state index in [1.807, 2.05) is 25.1 Å². The Hall–Kier alpha value is -1.75. The average Bonchev–Trinajstić information content (AvgIpc) is 2.59. The lowest BCUT2D eigenvalue weighted by atomic mass is 10.1. The summed E-state index contributed by atoms with van der Waals surface area (Å²) in [6.07, 6.45) is 1.91. The van der Waals surface area contributed by atoms with E-state index >= 15 is 0 Å². The number of pyridine rings is 1. The summed E-state index contributed by atoms with van der Waals surface area (Å²) >= 11 is 0. The predicted octanol–water partition coefficient (Wildman–Crippen LogP) is 0.147. The number of hydrogen-bond donors (Lipinski definition) is 2. The summed E-state index contributed by atoms with van der Waals surface area (Å²) in [4.78, 5) is 26.5. The van der Waals surface area contributed by atoms with E-state index in [0.717, 1.165) is 5.69 Å². The first-order valence-electron chi connectivity index (χ1n) is 5.17. The molecule has 0 bridgehead atoms. The van der Waals surface area contributed by atoms with Gasteiger partial charge in [0.1, 0.15) is 0 Å². The van der Waals surface area contributed by atoms with E-state index in [1.54, 1.807) is 6.20 Å². The molecule has 2 amide bonds. The molecule has 1 unspecified atom stereocenters. The Morgan fingerprint density at radius 1 is 1.50 bits per heavy atom. The molecule has 0 aliphatic carbocycles. The Labute approximate surface area is 93.3 Å². The van der Waals surface area contributed by atoms with Crippen LogP contribution in [0.3, 0.4) is 0 Å². The van der Waals surface area contributed by atoms with Crippen molar-refractivity contribution in [1.82, 2.24) is 15.6 Å². The van der Waals surface area contributed by atoms with Gasteiger partial charge in [-0.15, -0.1) is 0 Å². The first-order chi connectivity index (χ1) is 7.66. The van der Waals surface area contributed by atoms with Gasteiger partial charge in [-0.3, -0.25) is 25.2 Å². The summed E-state index contributed by atoms with van der Waals surface area (Å²) in [5.41, 5.74) is 0.856. The van der Waals surface area contributed by atoms with Gasteiger partial charge in [0.05, 0.1) is 18.2 Å². The molecule has 0 saturated carbocycles. The van der Waals surface area contributed by atoms with E-state index in [-0.39, 0.29) is 24.3 Å². The number of rotatable bonds is 3. The normalized spacial score (nSPS) is 21.9. The number of imide groups is 1. The van der Waals surface area contributed by atoms with Gasteiger partial charge in [-0.1, -0.05) is 6.07 Å². The van der Waals surface area contributed by atoms with Gasteiger partial charge >= 0.3 is 0 Å². The number of carbonyl (C=O) groups is 2. The summed E-state index contributed by atoms with van der Waals surface area (Å²) in [5, 5.41) is 5.34. The van der Waals surface area contributed by atoms with Gasteiger partial charge in [0.15, 0.2) is 0 Å². The van der Waals surface area contributed by atoms with Gasteiger partial charge in [0, 0.05) is 12.2 Å². The van der Waals surface area contributed by atoms with Crippen LogP contribution in [-0.4, -0.2) is 22.8 Å². The van der Waals surface area contributed by atoms with Crippen LogP contribution in [0, 0.1) is 0 Å². The number of nitrogens with zero attached hydrogens (tertiary/aromatic N) is 1. The van der Waals surface area contributed by atoms with Crippen LogP contribution in [0.5, 0.6) is 0 Å². The van der Waals surface area contributed by atoms with E-state index in [4.69, 9.17) is 0 Å². The molecule has 2 atom stereocenters. The van der Waals surface area contributed by atoms with Gasteiger partial charge in [-0.05, 0) is 19.1 Å². The summed E-state index contributed by atoms with van der Waals surface area (Å²) in [5.74, 6) is -0.483. The fourth-order valence-corrected chi connectivity index (χ4v) is 1.71. The molecule has 5 heteroatoms. The third-order valence-electron chi connectivity index (χ3n) is 2.55. The molecule has 84 valence electrons. The Morgan fingerprint density at radius 2 is 2.31 bits per heavy atom.